The lowest BCUT2D eigenvalue weighted by Crippen LogP contribution is -2.39. The Morgan fingerprint density at radius 2 is 2.00 bits per heavy atom. The summed E-state index contributed by atoms with van der Waals surface area (Å²) < 4.78 is 11.0. The molecule has 2 aliphatic heterocycles. The summed E-state index contributed by atoms with van der Waals surface area (Å²) in [7, 11) is 3.26. The van der Waals surface area contributed by atoms with E-state index >= 15 is 0 Å². The third kappa shape index (κ3) is 1.53. The molecule has 18 heavy (non-hydrogen) atoms. The van der Waals surface area contributed by atoms with E-state index in [1.54, 1.807) is 14.2 Å². The van der Waals surface area contributed by atoms with E-state index in [0.717, 1.165) is 13.0 Å². The summed E-state index contributed by atoms with van der Waals surface area (Å²) >= 11 is 0. The molecule has 3 rings (SSSR count). The molecule has 1 saturated heterocycles. The minimum Gasteiger partial charge on any atom is -0.329 e. The van der Waals surface area contributed by atoms with Crippen molar-refractivity contribution in [2.75, 3.05) is 20.8 Å². The number of hydroxylamine groups is 2. The molecular formula is C14H19NO3. The second-order valence-corrected chi connectivity index (χ2v) is 4.93. The lowest BCUT2D eigenvalue weighted by molar-refractivity contribution is -0.410. The summed E-state index contributed by atoms with van der Waals surface area (Å²) in [6, 6.07) is 8.74. The van der Waals surface area contributed by atoms with Gasteiger partial charge in [-0.2, -0.15) is 5.06 Å². The van der Waals surface area contributed by atoms with E-state index < -0.39 is 5.97 Å². The summed E-state index contributed by atoms with van der Waals surface area (Å²) in [4.78, 5) is 5.91. The normalized spacial score (nSPS) is 29.9. The maximum Gasteiger partial charge on any atom is 0.303 e. The van der Waals surface area contributed by atoms with E-state index in [2.05, 4.69) is 31.2 Å². The number of nitrogens with zero attached hydrogens (tertiary/aromatic N) is 1. The van der Waals surface area contributed by atoms with E-state index in [1.165, 1.54) is 11.1 Å². The smallest absolute Gasteiger partial charge is 0.303 e. The highest BCUT2D eigenvalue weighted by molar-refractivity contribution is 5.33. The van der Waals surface area contributed by atoms with Crippen molar-refractivity contribution >= 4 is 0 Å². The zero-order valence-electron chi connectivity index (χ0n) is 11.1. The van der Waals surface area contributed by atoms with Crippen LogP contribution >= 0.6 is 0 Å². The van der Waals surface area contributed by atoms with Gasteiger partial charge in [0.1, 0.15) is 0 Å². The predicted molar refractivity (Wildman–Crippen MR) is 66.6 cm³/mol. The van der Waals surface area contributed by atoms with Crippen LogP contribution in [-0.4, -0.2) is 31.8 Å². The van der Waals surface area contributed by atoms with Gasteiger partial charge in [0.25, 0.3) is 0 Å². The van der Waals surface area contributed by atoms with Crippen LogP contribution in [0, 0.1) is 5.92 Å². The van der Waals surface area contributed by atoms with Crippen LogP contribution in [0.3, 0.4) is 0 Å². The van der Waals surface area contributed by atoms with Gasteiger partial charge < -0.3 is 9.47 Å². The molecule has 0 amide bonds. The molecule has 2 heterocycles. The van der Waals surface area contributed by atoms with Crippen molar-refractivity contribution < 1.29 is 14.3 Å². The molecule has 0 bridgehead atoms. The van der Waals surface area contributed by atoms with Crippen molar-refractivity contribution in [2.45, 2.75) is 25.4 Å². The standard InChI is InChI=1S/C14H19NO3/c1-10-13-12-7-5-4-6-11(12)8-9-15(13)18-14(10,16-2)17-3/h4-7,10,13H,8-9H2,1-3H3/t10-,13-/m1/s1. The number of fused-ring (bicyclic) bond motifs is 3. The fourth-order valence-corrected chi connectivity index (χ4v) is 3.17. The number of benzene rings is 1. The molecule has 0 saturated carbocycles. The van der Waals surface area contributed by atoms with Crippen molar-refractivity contribution in [1.29, 1.82) is 0 Å². The lowest BCUT2D eigenvalue weighted by atomic mass is 9.86. The Hall–Kier alpha value is -0.940. The van der Waals surface area contributed by atoms with E-state index in [0.29, 0.717) is 0 Å². The van der Waals surface area contributed by atoms with Gasteiger partial charge in [-0.3, -0.25) is 0 Å². The molecule has 0 spiro atoms. The fourth-order valence-electron chi connectivity index (χ4n) is 3.17. The van der Waals surface area contributed by atoms with Gasteiger partial charge in [-0.1, -0.05) is 31.2 Å². The molecular weight excluding hydrogens is 230 g/mol. The van der Waals surface area contributed by atoms with Crippen LogP contribution in [0.25, 0.3) is 0 Å². The zero-order chi connectivity index (χ0) is 12.8. The number of hydrogen-bond donors (Lipinski definition) is 0. The molecule has 1 aromatic rings. The Morgan fingerprint density at radius 3 is 2.72 bits per heavy atom. The quantitative estimate of drug-likeness (QED) is 0.751. The van der Waals surface area contributed by atoms with Crippen molar-refractivity contribution in [3.63, 3.8) is 0 Å². The maximum atomic E-state index is 5.91. The van der Waals surface area contributed by atoms with Crippen LogP contribution in [0.5, 0.6) is 0 Å². The molecule has 1 fully saturated rings. The number of hydrogen-bond acceptors (Lipinski definition) is 4. The van der Waals surface area contributed by atoms with Crippen LogP contribution in [0.4, 0.5) is 0 Å². The maximum absolute atomic E-state index is 5.91. The Labute approximate surface area is 107 Å². The highest BCUT2D eigenvalue weighted by atomic mass is 16.9. The van der Waals surface area contributed by atoms with Crippen LogP contribution in [-0.2, 0) is 20.7 Å². The highest BCUT2D eigenvalue weighted by Crippen LogP contribution is 2.48. The first-order valence-corrected chi connectivity index (χ1v) is 6.35. The van der Waals surface area contributed by atoms with Crippen molar-refractivity contribution in [1.82, 2.24) is 5.06 Å². The van der Waals surface area contributed by atoms with Crippen molar-refractivity contribution in [2.24, 2.45) is 5.92 Å². The van der Waals surface area contributed by atoms with Gasteiger partial charge in [0, 0.05) is 20.8 Å². The van der Waals surface area contributed by atoms with Gasteiger partial charge in [-0.15, -0.1) is 0 Å². The number of methoxy groups -OCH3 is 2. The topological polar surface area (TPSA) is 30.9 Å². The van der Waals surface area contributed by atoms with Crippen molar-refractivity contribution in [3.8, 4) is 0 Å². The number of rotatable bonds is 2. The second-order valence-electron chi connectivity index (χ2n) is 4.93. The van der Waals surface area contributed by atoms with E-state index in [4.69, 9.17) is 14.3 Å². The van der Waals surface area contributed by atoms with Gasteiger partial charge in [0.15, 0.2) is 0 Å². The zero-order valence-corrected chi connectivity index (χ0v) is 11.1. The van der Waals surface area contributed by atoms with Crippen molar-refractivity contribution in [3.05, 3.63) is 35.4 Å². The van der Waals surface area contributed by atoms with Gasteiger partial charge in [0.05, 0.1) is 12.0 Å². The summed E-state index contributed by atoms with van der Waals surface area (Å²) in [5.74, 6) is -0.837. The minimum atomic E-state index is -0.956. The minimum absolute atomic E-state index is 0.119. The van der Waals surface area contributed by atoms with Gasteiger partial charge in [-0.25, -0.2) is 4.84 Å². The molecule has 0 unspecified atom stereocenters. The molecule has 1 aromatic carbocycles. The Bertz CT molecular complexity index is 444. The third-order valence-electron chi connectivity index (χ3n) is 4.13. The third-order valence-corrected chi connectivity index (χ3v) is 4.13. The summed E-state index contributed by atoms with van der Waals surface area (Å²) in [5, 5.41) is 2.00. The Balaban J connectivity index is 2.02. The lowest BCUT2D eigenvalue weighted by Gasteiger charge is -2.30. The second kappa shape index (κ2) is 4.31. The summed E-state index contributed by atoms with van der Waals surface area (Å²) in [6.07, 6.45) is 1.00. The van der Waals surface area contributed by atoms with Crippen LogP contribution in [0.15, 0.2) is 24.3 Å². The van der Waals surface area contributed by atoms with Gasteiger partial charge in [-0.05, 0) is 17.5 Å². The first-order chi connectivity index (χ1) is 8.72. The first kappa shape index (κ1) is 12.1. The molecule has 4 heteroatoms. The first-order valence-electron chi connectivity index (χ1n) is 6.35. The molecule has 0 aliphatic carbocycles. The molecule has 0 aromatic heterocycles. The molecule has 2 aliphatic rings. The summed E-state index contributed by atoms with van der Waals surface area (Å²) in [6.45, 7) is 2.99. The average molecular weight is 249 g/mol. The molecule has 0 N–H and O–H groups in total. The largest absolute Gasteiger partial charge is 0.329 e. The van der Waals surface area contributed by atoms with E-state index in [-0.39, 0.29) is 12.0 Å². The van der Waals surface area contributed by atoms with Crippen LogP contribution in [0.2, 0.25) is 0 Å². The van der Waals surface area contributed by atoms with Crippen LogP contribution in [0.1, 0.15) is 24.1 Å². The Morgan fingerprint density at radius 1 is 1.28 bits per heavy atom. The van der Waals surface area contributed by atoms with E-state index in [9.17, 15) is 0 Å². The van der Waals surface area contributed by atoms with Crippen LogP contribution < -0.4 is 0 Å². The van der Waals surface area contributed by atoms with Gasteiger partial charge in [0.2, 0.25) is 0 Å². The van der Waals surface area contributed by atoms with Gasteiger partial charge >= 0.3 is 5.97 Å². The van der Waals surface area contributed by atoms with E-state index in [1.807, 2.05) is 5.06 Å². The SMILES string of the molecule is COC1(OC)ON2CCc3ccccc3[C@H]2[C@H]1C. The Kier molecular flexibility index (Phi) is 2.90. The molecule has 2 atom stereocenters. The average Bonchev–Trinajstić information content (AvgIpc) is 2.72. The molecule has 98 valence electrons. The molecule has 4 nitrogen and oxygen atoms in total. The fraction of sp³-hybridized carbons (Fsp3) is 0.571. The monoisotopic (exact) mass is 249 g/mol. The number of ether oxygens (including phenoxy) is 2. The predicted octanol–water partition coefficient (Wildman–Crippen LogP) is 2.11. The molecule has 0 radical (unpaired) electrons. The summed E-state index contributed by atoms with van der Waals surface area (Å²) in [5.41, 5.74) is 2.73. The highest BCUT2D eigenvalue weighted by Gasteiger charge is 2.55.